The monoisotopic (exact) mass is 270 g/mol. The molecule has 0 unspecified atom stereocenters. The quantitative estimate of drug-likeness (QED) is 0.291. The standard InChI is InChI=1S/C18H38O/c1-3-5-7-9-10-11-12-13-14-16-18-19-17-15-8-6-4-2/h3-18H2,1-2H3. The summed E-state index contributed by atoms with van der Waals surface area (Å²) in [7, 11) is 0. The Balaban J connectivity index is 2.88. The lowest BCUT2D eigenvalue weighted by Gasteiger charge is -2.04. The number of unbranched alkanes of at least 4 members (excludes halogenated alkanes) is 12. The van der Waals surface area contributed by atoms with Gasteiger partial charge in [0.15, 0.2) is 0 Å². The molecule has 0 bridgehead atoms. The zero-order valence-electron chi connectivity index (χ0n) is 13.7. The fraction of sp³-hybridized carbons (Fsp3) is 1.00. The third-order valence-electron chi connectivity index (χ3n) is 3.78. The van der Waals surface area contributed by atoms with Crippen LogP contribution in [0.2, 0.25) is 0 Å². The lowest BCUT2D eigenvalue weighted by Crippen LogP contribution is -1.97. The Kier molecular flexibility index (Phi) is 17.9. The minimum atomic E-state index is 0.984. The molecule has 0 amide bonds. The average Bonchev–Trinajstić information content (AvgIpc) is 2.43. The van der Waals surface area contributed by atoms with Crippen LogP contribution >= 0.6 is 0 Å². The van der Waals surface area contributed by atoms with Gasteiger partial charge in [-0.15, -0.1) is 0 Å². The van der Waals surface area contributed by atoms with Gasteiger partial charge in [-0.05, 0) is 12.8 Å². The minimum absolute atomic E-state index is 0.984. The molecule has 0 aromatic heterocycles. The molecule has 1 nitrogen and oxygen atoms in total. The molecule has 19 heavy (non-hydrogen) atoms. The molecular weight excluding hydrogens is 232 g/mol. The summed E-state index contributed by atoms with van der Waals surface area (Å²) in [4.78, 5) is 0. The highest BCUT2D eigenvalue weighted by molar-refractivity contribution is 4.47. The van der Waals surface area contributed by atoms with Crippen molar-refractivity contribution in [3.63, 3.8) is 0 Å². The van der Waals surface area contributed by atoms with Gasteiger partial charge in [0.2, 0.25) is 0 Å². The van der Waals surface area contributed by atoms with E-state index in [1.165, 1.54) is 89.9 Å². The third kappa shape index (κ3) is 18.0. The Morgan fingerprint density at radius 2 is 0.737 bits per heavy atom. The molecule has 0 saturated heterocycles. The van der Waals surface area contributed by atoms with Gasteiger partial charge >= 0.3 is 0 Å². The molecule has 0 aliphatic rings. The summed E-state index contributed by atoms with van der Waals surface area (Å²) in [6.07, 6.45) is 19.3. The predicted molar refractivity (Wildman–Crippen MR) is 86.8 cm³/mol. The van der Waals surface area contributed by atoms with E-state index in [-0.39, 0.29) is 0 Å². The van der Waals surface area contributed by atoms with Crippen molar-refractivity contribution in [2.75, 3.05) is 13.2 Å². The van der Waals surface area contributed by atoms with Crippen LogP contribution in [0.15, 0.2) is 0 Å². The summed E-state index contributed by atoms with van der Waals surface area (Å²) in [6, 6.07) is 0. The average molecular weight is 271 g/mol. The van der Waals surface area contributed by atoms with E-state index in [0.29, 0.717) is 0 Å². The maximum Gasteiger partial charge on any atom is 0.0466 e. The van der Waals surface area contributed by atoms with Crippen LogP contribution in [0.5, 0.6) is 0 Å². The molecule has 0 atom stereocenters. The number of hydrogen-bond acceptors (Lipinski definition) is 1. The Labute approximate surface area is 122 Å². The molecule has 0 aliphatic heterocycles. The van der Waals surface area contributed by atoms with Crippen molar-refractivity contribution >= 4 is 0 Å². The third-order valence-corrected chi connectivity index (χ3v) is 3.78. The SMILES string of the molecule is CCCCCCCCCCCCOCCCCCC. The molecule has 1 heteroatoms. The summed E-state index contributed by atoms with van der Waals surface area (Å²) in [5.41, 5.74) is 0. The van der Waals surface area contributed by atoms with Crippen molar-refractivity contribution in [3.05, 3.63) is 0 Å². The van der Waals surface area contributed by atoms with Gasteiger partial charge in [-0.3, -0.25) is 0 Å². The van der Waals surface area contributed by atoms with Gasteiger partial charge < -0.3 is 4.74 Å². The van der Waals surface area contributed by atoms with Gasteiger partial charge in [-0.2, -0.15) is 0 Å². The highest BCUT2D eigenvalue weighted by Crippen LogP contribution is 2.10. The van der Waals surface area contributed by atoms with E-state index in [0.717, 1.165) is 13.2 Å². The Hall–Kier alpha value is -0.0400. The molecule has 0 rings (SSSR count). The van der Waals surface area contributed by atoms with Crippen LogP contribution in [-0.2, 0) is 4.74 Å². The van der Waals surface area contributed by atoms with E-state index in [1.807, 2.05) is 0 Å². The van der Waals surface area contributed by atoms with Gasteiger partial charge in [0.25, 0.3) is 0 Å². The van der Waals surface area contributed by atoms with Gasteiger partial charge in [-0.1, -0.05) is 90.9 Å². The molecule has 0 saturated carbocycles. The molecule has 0 fully saturated rings. The van der Waals surface area contributed by atoms with E-state index in [1.54, 1.807) is 0 Å². The van der Waals surface area contributed by atoms with E-state index in [9.17, 15) is 0 Å². The molecule has 0 heterocycles. The molecule has 0 aromatic carbocycles. The van der Waals surface area contributed by atoms with E-state index in [4.69, 9.17) is 4.74 Å². The first-order valence-electron chi connectivity index (χ1n) is 8.99. The smallest absolute Gasteiger partial charge is 0.0466 e. The lowest BCUT2D eigenvalue weighted by atomic mass is 10.1. The van der Waals surface area contributed by atoms with Gasteiger partial charge in [-0.25, -0.2) is 0 Å². The maximum absolute atomic E-state index is 5.65. The highest BCUT2D eigenvalue weighted by Gasteiger charge is 1.93. The van der Waals surface area contributed by atoms with Crippen molar-refractivity contribution in [1.29, 1.82) is 0 Å². The molecule has 0 spiro atoms. The van der Waals surface area contributed by atoms with Crippen molar-refractivity contribution in [2.24, 2.45) is 0 Å². The zero-order chi connectivity index (χ0) is 14.0. The first-order chi connectivity index (χ1) is 9.41. The molecule has 0 aliphatic carbocycles. The molecule has 116 valence electrons. The largest absolute Gasteiger partial charge is 0.381 e. The second-order valence-corrected chi connectivity index (χ2v) is 5.86. The van der Waals surface area contributed by atoms with Gasteiger partial charge in [0.05, 0.1) is 0 Å². The van der Waals surface area contributed by atoms with E-state index < -0.39 is 0 Å². The molecular formula is C18H38O. The molecule has 0 aromatic rings. The van der Waals surface area contributed by atoms with Crippen molar-refractivity contribution in [1.82, 2.24) is 0 Å². The van der Waals surface area contributed by atoms with Crippen molar-refractivity contribution in [3.8, 4) is 0 Å². The number of hydrogen-bond donors (Lipinski definition) is 0. The van der Waals surface area contributed by atoms with Gasteiger partial charge in [0, 0.05) is 13.2 Å². The Bertz CT molecular complexity index is 129. The van der Waals surface area contributed by atoms with Crippen molar-refractivity contribution in [2.45, 2.75) is 104 Å². The predicted octanol–water partition coefficient (Wildman–Crippen LogP) is 6.50. The summed E-state index contributed by atoms with van der Waals surface area (Å²) in [5.74, 6) is 0. The summed E-state index contributed by atoms with van der Waals surface area (Å²) in [6.45, 7) is 6.51. The topological polar surface area (TPSA) is 9.23 Å². The number of rotatable bonds is 16. The summed E-state index contributed by atoms with van der Waals surface area (Å²) < 4.78 is 5.65. The normalized spacial score (nSPS) is 11.1. The van der Waals surface area contributed by atoms with E-state index in [2.05, 4.69) is 13.8 Å². The lowest BCUT2D eigenvalue weighted by molar-refractivity contribution is 0.125. The van der Waals surface area contributed by atoms with E-state index >= 15 is 0 Å². The summed E-state index contributed by atoms with van der Waals surface area (Å²) >= 11 is 0. The first kappa shape index (κ1) is 19.0. The second-order valence-electron chi connectivity index (χ2n) is 5.86. The van der Waals surface area contributed by atoms with Crippen LogP contribution < -0.4 is 0 Å². The molecule has 0 radical (unpaired) electrons. The first-order valence-corrected chi connectivity index (χ1v) is 8.99. The van der Waals surface area contributed by atoms with Crippen LogP contribution in [0, 0.1) is 0 Å². The number of ether oxygens (including phenoxy) is 1. The fourth-order valence-electron chi connectivity index (χ4n) is 2.42. The van der Waals surface area contributed by atoms with Gasteiger partial charge in [0.1, 0.15) is 0 Å². The zero-order valence-corrected chi connectivity index (χ0v) is 13.7. The molecule has 0 N–H and O–H groups in total. The Morgan fingerprint density at radius 3 is 1.16 bits per heavy atom. The highest BCUT2D eigenvalue weighted by atomic mass is 16.5. The van der Waals surface area contributed by atoms with Crippen LogP contribution in [0.4, 0.5) is 0 Å². The summed E-state index contributed by atoms with van der Waals surface area (Å²) in [5, 5.41) is 0. The van der Waals surface area contributed by atoms with Crippen LogP contribution in [-0.4, -0.2) is 13.2 Å². The van der Waals surface area contributed by atoms with Crippen LogP contribution in [0.25, 0.3) is 0 Å². The Morgan fingerprint density at radius 1 is 0.421 bits per heavy atom. The minimum Gasteiger partial charge on any atom is -0.381 e. The van der Waals surface area contributed by atoms with Crippen LogP contribution in [0.3, 0.4) is 0 Å². The maximum atomic E-state index is 5.65. The van der Waals surface area contributed by atoms with Crippen molar-refractivity contribution < 1.29 is 4.74 Å². The second kappa shape index (κ2) is 18.0. The van der Waals surface area contributed by atoms with Crippen LogP contribution in [0.1, 0.15) is 104 Å². The fourth-order valence-corrected chi connectivity index (χ4v) is 2.42.